The highest BCUT2D eigenvalue weighted by atomic mass is 15.1. The summed E-state index contributed by atoms with van der Waals surface area (Å²) in [4.78, 5) is 4.60. The van der Waals surface area contributed by atoms with Gasteiger partial charge in [0.2, 0.25) is 0 Å². The summed E-state index contributed by atoms with van der Waals surface area (Å²) in [6, 6.07) is 0.475. The molecule has 1 aromatic heterocycles. The summed E-state index contributed by atoms with van der Waals surface area (Å²) < 4.78 is 2.18. The fourth-order valence-corrected chi connectivity index (χ4v) is 3.14. The standard InChI is InChI=1S/C14H23N3/c1-3-17-8-12(16-9-17)14(15-2)13(10-4-5-10)11-6-7-11/h8-11,13-15H,3-7H2,1-2H3. The van der Waals surface area contributed by atoms with E-state index in [2.05, 4.69) is 35.0 Å². The van der Waals surface area contributed by atoms with Crippen LogP contribution >= 0.6 is 0 Å². The average molecular weight is 233 g/mol. The third-order valence-corrected chi connectivity index (χ3v) is 4.37. The van der Waals surface area contributed by atoms with Gasteiger partial charge in [-0.05, 0) is 57.4 Å². The van der Waals surface area contributed by atoms with E-state index in [1.165, 1.54) is 31.4 Å². The van der Waals surface area contributed by atoms with E-state index in [1.54, 1.807) is 0 Å². The van der Waals surface area contributed by atoms with E-state index in [0.29, 0.717) is 6.04 Å². The van der Waals surface area contributed by atoms with Gasteiger partial charge in [0.1, 0.15) is 0 Å². The lowest BCUT2D eigenvalue weighted by atomic mass is 9.88. The van der Waals surface area contributed by atoms with Gasteiger partial charge in [-0.2, -0.15) is 0 Å². The predicted molar refractivity (Wildman–Crippen MR) is 68.6 cm³/mol. The topological polar surface area (TPSA) is 29.9 Å². The van der Waals surface area contributed by atoms with Gasteiger partial charge in [0.25, 0.3) is 0 Å². The third kappa shape index (κ3) is 2.25. The minimum absolute atomic E-state index is 0.475. The summed E-state index contributed by atoms with van der Waals surface area (Å²) in [7, 11) is 2.09. The lowest BCUT2D eigenvalue weighted by Gasteiger charge is -2.25. The SMILES string of the molecule is CCn1cnc(C(NC)C(C2CC2)C2CC2)c1. The zero-order valence-corrected chi connectivity index (χ0v) is 10.9. The van der Waals surface area contributed by atoms with Gasteiger partial charge < -0.3 is 9.88 Å². The molecule has 1 unspecified atom stereocenters. The molecule has 94 valence electrons. The van der Waals surface area contributed by atoms with Crippen LogP contribution in [-0.2, 0) is 6.54 Å². The molecule has 0 bridgehead atoms. The second kappa shape index (κ2) is 4.45. The fourth-order valence-electron chi connectivity index (χ4n) is 3.14. The number of rotatable bonds is 6. The summed E-state index contributed by atoms with van der Waals surface area (Å²) in [6.45, 7) is 3.18. The van der Waals surface area contributed by atoms with Crippen LogP contribution in [0.3, 0.4) is 0 Å². The first kappa shape index (κ1) is 11.3. The van der Waals surface area contributed by atoms with Crippen molar-refractivity contribution in [3.8, 4) is 0 Å². The van der Waals surface area contributed by atoms with Crippen LogP contribution in [0.2, 0.25) is 0 Å². The van der Waals surface area contributed by atoms with Crippen molar-refractivity contribution in [1.82, 2.24) is 14.9 Å². The first-order valence-electron chi connectivity index (χ1n) is 7.02. The van der Waals surface area contributed by atoms with Crippen LogP contribution in [0.25, 0.3) is 0 Å². The maximum Gasteiger partial charge on any atom is 0.0950 e. The highest BCUT2D eigenvalue weighted by Crippen LogP contribution is 2.53. The molecule has 3 rings (SSSR count). The van der Waals surface area contributed by atoms with Gasteiger partial charge in [0.05, 0.1) is 18.1 Å². The normalized spacial score (nSPS) is 22.1. The van der Waals surface area contributed by atoms with Gasteiger partial charge in [-0.3, -0.25) is 0 Å². The Labute approximate surface area is 104 Å². The van der Waals surface area contributed by atoms with E-state index >= 15 is 0 Å². The lowest BCUT2D eigenvalue weighted by molar-refractivity contribution is 0.296. The van der Waals surface area contributed by atoms with Crippen molar-refractivity contribution in [1.29, 1.82) is 0 Å². The van der Waals surface area contributed by atoms with Gasteiger partial charge in [0, 0.05) is 12.7 Å². The molecule has 1 heterocycles. The number of aromatic nitrogens is 2. The summed E-state index contributed by atoms with van der Waals surface area (Å²) in [5.74, 6) is 2.76. The van der Waals surface area contributed by atoms with Crippen molar-refractivity contribution in [2.75, 3.05) is 7.05 Å². The Kier molecular flexibility index (Phi) is 2.95. The van der Waals surface area contributed by atoms with Gasteiger partial charge >= 0.3 is 0 Å². The van der Waals surface area contributed by atoms with Crippen molar-refractivity contribution in [2.45, 2.75) is 45.2 Å². The smallest absolute Gasteiger partial charge is 0.0950 e. The Morgan fingerprint density at radius 1 is 1.35 bits per heavy atom. The van der Waals surface area contributed by atoms with Crippen molar-refractivity contribution < 1.29 is 0 Å². The van der Waals surface area contributed by atoms with Gasteiger partial charge in [-0.25, -0.2) is 4.98 Å². The average Bonchev–Trinajstić information content (AvgIpc) is 3.26. The van der Waals surface area contributed by atoms with E-state index in [1.807, 2.05) is 6.33 Å². The van der Waals surface area contributed by atoms with Crippen LogP contribution in [0.4, 0.5) is 0 Å². The molecule has 3 nitrogen and oxygen atoms in total. The second-order valence-corrected chi connectivity index (χ2v) is 5.65. The highest BCUT2D eigenvalue weighted by Gasteiger charge is 2.45. The molecule has 3 heteroatoms. The Bertz CT molecular complexity index is 365. The highest BCUT2D eigenvalue weighted by molar-refractivity contribution is 5.10. The molecule has 2 aliphatic rings. The molecular weight excluding hydrogens is 210 g/mol. The first-order valence-corrected chi connectivity index (χ1v) is 7.02. The lowest BCUT2D eigenvalue weighted by Crippen LogP contribution is -2.28. The molecule has 1 aromatic rings. The predicted octanol–water partition coefficient (Wildman–Crippen LogP) is 2.60. The van der Waals surface area contributed by atoms with Crippen LogP contribution < -0.4 is 5.32 Å². The number of nitrogens with zero attached hydrogens (tertiary/aromatic N) is 2. The van der Waals surface area contributed by atoms with Crippen molar-refractivity contribution in [2.24, 2.45) is 17.8 Å². The first-order chi connectivity index (χ1) is 8.33. The van der Waals surface area contributed by atoms with Gasteiger partial charge in [0.15, 0.2) is 0 Å². The fraction of sp³-hybridized carbons (Fsp3) is 0.786. The van der Waals surface area contributed by atoms with Crippen LogP contribution in [0.15, 0.2) is 12.5 Å². The molecule has 0 amide bonds. The minimum atomic E-state index is 0.475. The molecule has 0 spiro atoms. The number of aryl methyl sites for hydroxylation is 1. The van der Waals surface area contributed by atoms with Crippen LogP contribution in [0, 0.1) is 17.8 Å². The van der Waals surface area contributed by atoms with E-state index in [-0.39, 0.29) is 0 Å². The molecule has 1 atom stereocenters. The van der Waals surface area contributed by atoms with Crippen LogP contribution in [-0.4, -0.2) is 16.6 Å². The second-order valence-electron chi connectivity index (χ2n) is 5.65. The summed E-state index contributed by atoms with van der Waals surface area (Å²) in [6.07, 6.45) is 9.94. The number of imidazole rings is 1. The molecule has 2 aliphatic carbocycles. The Hall–Kier alpha value is -0.830. The number of hydrogen-bond acceptors (Lipinski definition) is 2. The Balaban J connectivity index is 1.80. The maximum atomic E-state index is 4.60. The molecule has 0 saturated heterocycles. The largest absolute Gasteiger partial charge is 0.337 e. The number of nitrogens with one attached hydrogen (secondary N) is 1. The van der Waals surface area contributed by atoms with Crippen molar-refractivity contribution >= 4 is 0 Å². The molecule has 2 saturated carbocycles. The van der Waals surface area contributed by atoms with Crippen molar-refractivity contribution in [3.63, 3.8) is 0 Å². The van der Waals surface area contributed by atoms with Gasteiger partial charge in [-0.15, -0.1) is 0 Å². The third-order valence-electron chi connectivity index (χ3n) is 4.37. The zero-order chi connectivity index (χ0) is 11.8. The molecule has 17 heavy (non-hydrogen) atoms. The van der Waals surface area contributed by atoms with E-state index in [9.17, 15) is 0 Å². The van der Waals surface area contributed by atoms with Crippen LogP contribution in [0.1, 0.15) is 44.3 Å². The van der Waals surface area contributed by atoms with E-state index < -0.39 is 0 Å². The number of hydrogen-bond donors (Lipinski definition) is 1. The molecule has 0 aromatic carbocycles. The molecule has 0 aliphatic heterocycles. The van der Waals surface area contributed by atoms with Gasteiger partial charge in [-0.1, -0.05) is 0 Å². The Morgan fingerprint density at radius 3 is 2.41 bits per heavy atom. The van der Waals surface area contributed by atoms with E-state index in [0.717, 1.165) is 24.3 Å². The molecular formula is C14H23N3. The zero-order valence-electron chi connectivity index (χ0n) is 10.9. The summed E-state index contributed by atoms with van der Waals surface area (Å²) in [5.41, 5.74) is 1.25. The van der Waals surface area contributed by atoms with Crippen LogP contribution in [0.5, 0.6) is 0 Å². The minimum Gasteiger partial charge on any atom is -0.337 e. The quantitative estimate of drug-likeness (QED) is 0.818. The molecule has 2 fully saturated rings. The van der Waals surface area contributed by atoms with Crippen molar-refractivity contribution in [3.05, 3.63) is 18.2 Å². The van der Waals surface area contributed by atoms with E-state index in [4.69, 9.17) is 0 Å². The molecule has 1 N–H and O–H groups in total. The molecule has 0 radical (unpaired) electrons. The maximum absolute atomic E-state index is 4.60. The summed E-state index contributed by atoms with van der Waals surface area (Å²) in [5, 5.41) is 3.52. The summed E-state index contributed by atoms with van der Waals surface area (Å²) >= 11 is 0. The monoisotopic (exact) mass is 233 g/mol. The Morgan fingerprint density at radius 2 is 2.00 bits per heavy atom.